The summed E-state index contributed by atoms with van der Waals surface area (Å²) in [5, 5.41) is 5.04. The lowest BCUT2D eigenvalue weighted by Crippen LogP contribution is -2.43. The molecule has 0 radical (unpaired) electrons. The number of hydrogen-bond acceptors (Lipinski definition) is 2. The molecule has 14 heavy (non-hydrogen) atoms. The molecule has 1 saturated carbocycles. The first-order valence-electron chi connectivity index (χ1n) is 5.77. The van der Waals surface area contributed by atoms with Gasteiger partial charge in [0.05, 0.1) is 0 Å². The molecule has 0 aromatic rings. The van der Waals surface area contributed by atoms with Gasteiger partial charge in [0.1, 0.15) is 0 Å². The zero-order chi connectivity index (χ0) is 10.8. The van der Waals surface area contributed by atoms with Crippen LogP contribution in [0.2, 0.25) is 0 Å². The van der Waals surface area contributed by atoms with Crippen LogP contribution in [-0.4, -0.2) is 23.6 Å². The fraction of sp³-hybridized carbons (Fsp3) is 1.00. The SMILES string of the molecule is CNC1CCC(C)(C)CC1SC(C)C. The number of thioether (sulfide) groups is 1. The van der Waals surface area contributed by atoms with E-state index in [1.807, 2.05) is 0 Å². The molecule has 0 saturated heterocycles. The van der Waals surface area contributed by atoms with Crippen LogP contribution in [0.4, 0.5) is 0 Å². The van der Waals surface area contributed by atoms with Gasteiger partial charge < -0.3 is 5.32 Å². The molecule has 0 bridgehead atoms. The van der Waals surface area contributed by atoms with Crippen LogP contribution in [0.25, 0.3) is 0 Å². The smallest absolute Gasteiger partial charge is 0.0208 e. The maximum Gasteiger partial charge on any atom is 0.0208 e. The largest absolute Gasteiger partial charge is 0.316 e. The molecule has 0 aliphatic heterocycles. The van der Waals surface area contributed by atoms with E-state index >= 15 is 0 Å². The maximum absolute atomic E-state index is 3.48. The molecule has 2 heteroatoms. The van der Waals surface area contributed by atoms with E-state index in [1.54, 1.807) is 0 Å². The van der Waals surface area contributed by atoms with E-state index in [9.17, 15) is 0 Å². The monoisotopic (exact) mass is 215 g/mol. The van der Waals surface area contributed by atoms with E-state index in [-0.39, 0.29) is 0 Å². The van der Waals surface area contributed by atoms with E-state index in [0.29, 0.717) is 5.41 Å². The fourth-order valence-corrected chi connectivity index (χ4v) is 4.05. The molecule has 1 N–H and O–H groups in total. The molecule has 1 fully saturated rings. The highest BCUT2D eigenvalue weighted by atomic mass is 32.2. The Morgan fingerprint density at radius 3 is 2.50 bits per heavy atom. The molecule has 1 aliphatic rings. The zero-order valence-electron chi connectivity index (χ0n) is 10.3. The van der Waals surface area contributed by atoms with Crippen LogP contribution >= 0.6 is 11.8 Å². The van der Waals surface area contributed by atoms with Crippen molar-refractivity contribution >= 4 is 11.8 Å². The van der Waals surface area contributed by atoms with Crippen molar-refractivity contribution in [2.45, 2.75) is 63.5 Å². The lowest BCUT2D eigenvalue weighted by Gasteiger charge is -2.41. The van der Waals surface area contributed by atoms with Gasteiger partial charge in [0.25, 0.3) is 0 Å². The molecule has 0 aromatic carbocycles. The third-order valence-corrected chi connectivity index (χ3v) is 4.54. The van der Waals surface area contributed by atoms with Gasteiger partial charge in [-0.25, -0.2) is 0 Å². The lowest BCUT2D eigenvalue weighted by atomic mass is 9.75. The zero-order valence-corrected chi connectivity index (χ0v) is 11.1. The fourth-order valence-electron chi connectivity index (χ4n) is 2.34. The van der Waals surface area contributed by atoms with Gasteiger partial charge in [-0.3, -0.25) is 0 Å². The Kier molecular flexibility index (Phi) is 4.32. The summed E-state index contributed by atoms with van der Waals surface area (Å²) >= 11 is 2.15. The predicted molar refractivity (Wildman–Crippen MR) is 67.0 cm³/mol. The Labute approximate surface area is 93.4 Å². The molecule has 2 unspecified atom stereocenters. The summed E-state index contributed by atoms with van der Waals surface area (Å²) in [5.74, 6) is 0. The quantitative estimate of drug-likeness (QED) is 0.775. The van der Waals surface area contributed by atoms with Gasteiger partial charge in [-0.15, -0.1) is 0 Å². The highest BCUT2D eigenvalue weighted by Gasteiger charge is 2.34. The van der Waals surface area contributed by atoms with Crippen molar-refractivity contribution in [1.82, 2.24) is 5.32 Å². The molecule has 1 rings (SSSR count). The van der Waals surface area contributed by atoms with Crippen LogP contribution in [-0.2, 0) is 0 Å². The van der Waals surface area contributed by atoms with Gasteiger partial charge in [-0.2, -0.15) is 11.8 Å². The average Bonchev–Trinajstić information content (AvgIpc) is 2.01. The van der Waals surface area contributed by atoms with Crippen molar-refractivity contribution in [3.63, 3.8) is 0 Å². The highest BCUT2D eigenvalue weighted by molar-refractivity contribution is 8.00. The molecule has 0 aromatic heterocycles. The van der Waals surface area contributed by atoms with Gasteiger partial charge in [0.2, 0.25) is 0 Å². The molecule has 84 valence electrons. The molecule has 0 amide bonds. The van der Waals surface area contributed by atoms with Crippen molar-refractivity contribution in [3.05, 3.63) is 0 Å². The number of rotatable bonds is 3. The first-order chi connectivity index (χ1) is 6.44. The lowest BCUT2D eigenvalue weighted by molar-refractivity contribution is 0.218. The predicted octanol–water partition coefficient (Wildman–Crippen LogP) is 3.29. The summed E-state index contributed by atoms with van der Waals surface area (Å²) in [6, 6.07) is 0.732. The third-order valence-electron chi connectivity index (χ3n) is 3.15. The van der Waals surface area contributed by atoms with E-state index < -0.39 is 0 Å². The van der Waals surface area contributed by atoms with Crippen molar-refractivity contribution < 1.29 is 0 Å². The van der Waals surface area contributed by atoms with Gasteiger partial charge in [-0.05, 0) is 37.0 Å². The molecule has 2 atom stereocenters. The highest BCUT2D eigenvalue weighted by Crippen LogP contribution is 2.41. The summed E-state index contributed by atoms with van der Waals surface area (Å²) in [6.07, 6.45) is 4.07. The summed E-state index contributed by atoms with van der Waals surface area (Å²) in [7, 11) is 2.11. The van der Waals surface area contributed by atoms with Crippen LogP contribution in [0.1, 0.15) is 47.0 Å². The minimum absolute atomic E-state index is 0.555. The minimum Gasteiger partial charge on any atom is -0.316 e. The van der Waals surface area contributed by atoms with Crippen LogP contribution in [0.5, 0.6) is 0 Å². The summed E-state index contributed by atoms with van der Waals surface area (Å²) in [4.78, 5) is 0. The van der Waals surface area contributed by atoms with Crippen molar-refractivity contribution in [2.24, 2.45) is 5.41 Å². The van der Waals surface area contributed by atoms with Gasteiger partial charge in [-0.1, -0.05) is 27.7 Å². The maximum atomic E-state index is 3.48. The number of hydrogen-bond donors (Lipinski definition) is 1. The van der Waals surface area contributed by atoms with Crippen LogP contribution in [0, 0.1) is 5.41 Å². The van der Waals surface area contributed by atoms with Gasteiger partial charge in [0.15, 0.2) is 0 Å². The van der Waals surface area contributed by atoms with E-state index in [2.05, 4.69) is 51.8 Å². The Hall–Kier alpha value is 0.310. The van der Waals surface area contributed by atoms with E-state index in [1.165, 1.54) is 19.3 Å². The third kappa shape index (κ3) is 3.47. The van der Waals surface area contributed by atoms with Crippen molar-refractivity contribution in [2.75, 3.05) is 7.05 Å². The van der Waals surface area contributed by atoms with E-state index in [4.69, 9.17) is 0 Å². The van der Waals surface area contributed by atoms with Crippen LogP contribution in [0.15, 0.2) is 0 Å². The van der Waals surface area contributed by atoms with Gasteiger partial charge in [0, 0.05) is 11.3 Å². The van der Waals surface area contributed by atoms with Gasteiger partial charge >= 0.3 is 0 Å². The first kappa shape index (κ1) is 12.4. The number of nitrogens with one attached hydrogen (secondary N) is 1. The topological polar surface area (TPSA) is 12.0 Å². The molecule has 0 spiro atoms. The second-order valence-electron chi connectivity index (χ2n) is 5.53. The van der Waals surface area contributed by atoms with Crippen molar-refractivity contribution in [3.8, 4) is 0 Å². The van der Waals surface area contributed by atoms with Crippen LogP contribution < -0.4 is 5.32 Å². The molecular weight excluding hydrogens is 190 g/mol. The normalized spacial score (nSPS) is 32.1. The average molecular weight is 215 g/mol. The Balaban J connectivity index is 2.56. The molecule has 0 heterocycles. The molecule has 1 nitrogen and oxygen atoms in total. The standard InChI is InChI=1S/C12H25NS/c1-9(2)14-11-8-12(3,4)7-6-10(11)13-5/h9-11,13H,6-8H2,1-5H3. The summed E-state index contributed by atoms with van der Waals surface area (Å²) < 4.78 is 0. The Morgan fingerprint density at radius 2 is 2.00 bits per heavy atom. The second kappa shape index (κ2) is 4.89. The summed E-state index contributed by atoms with van der Waals surface area (Å²) in [5.41, 5.74) is 0.555. The second-order valence-corrected chi connectivity index (χ2v) is 7.35. The Morgan fingerprint density at radius 1 is 1.36 bits per heavy atom. The molecular formula is C12H25NS. The summed E-state index contributed by atoms with van der Waals surface area (Å²) in [6.45, 7) is 9.43. The molecule has 1 aliphatic carbocycles. The van der Waals surface area contributed by atoms with Crippen LogP contribution in [0.3, 0.4) is 0 Å². The Bertz CT molecular complexity index is 177. The van der Waals surface area contributed by atoms with Crippen molar-refractivity contribution in [1.29, 1.82) is 0 Å². The first-order valence-corrected chi connectivity index (χ1v) is 6.71. The van der Waals surface area contributed by atoms with E-state index in [0.717, 1.165) is 16.5 Å². The minimum atomic E-state index is 0.555.